The summed E-state index contributed by atoms with van der Waals surface area (Å²) in [6.45, 7) is 9.33. The molecule has 3 nitrogen and oxygen atoms in total. The van der Waals surface area contributed by atoms with Gasteiger partial charge in [-0.2, -0.15) is 0 Å². The van der Waals surface area contributed by atoms with Crippen LogP contribution >= 0.6 is 0 Å². The lowest BCUT2D eigenvalue weighted by Crippen LogP contribution is -2.66. The highest BCUT2D eigenvalue weighted by molar-refractivity contribution is 6.99. The van der Waals surface area contributed by atoms with Gasteiger partial charge in [0, 0.05) is 13.5 Å². The number of esters is 1. The van der Waals surface area contributed by atoms with Gasteiger partial charge in [0.05, 0.1) is 0 Å². The zero-order valence-electron chi connectivity index (χ0n) is 22.2. The molecule has 0 amide bonds. The third kappa shape index (κ3) is 7.65. The fourth-order valence-corrected chi connectivity index (χ4v) is 10.1. The molecule has 0 saturated carbocycles. The van der Waals surface area contributed by atoms with Crippen LogP contribution in [0.1, 0.15) is 79.1 Å². The lowest BCUT2D eigenvalue weighted by Gasteiger charge is -2.43. The Morgan fingerprint density at radius 3 is 1.91 bits per heavy atom. The molecule has 0 fully saturated rings. The van der Waals surface area contributed by atoms with Crippen LogP contribution < -0.4 is 10.4 Å². The van der Waals surface area contributed by atoms with Gasteiger partial charge in [0.25, 0.3) is 8.32 Å². The minimum atomic E-state index is -2.40. The molecule has 0 spiro atoms. The molecule has 2 aromatic carbocycles. The summed E-state index contributed by atoms with van der Waals surface area (Å²) in [5.74, 6) is 0.387. The van der Waals surface area contributed by atoms with Crippen LogP contribution in [-0.4, -0.2) is 27.0 Å². The van der Waals surface area contributed by atoms with Gasteiger partial charge in [-0.25, -0.2) is 0 Å². The Bertz CT molecular complexity index is 878. The molecule has 0 aromatic heterocycles. The monoisotopic (exact) mass is 492 g/mol. The first kappa shape index (κ1) is 27.4. The van der Waals surface area contributed by atoms with E-state index in [9.17, 15) is 4.79 Å². The van der Waals surface area contributed by atoms with Crippen molar-refractivity contribution in [3.8, 4) is 0 Å². The summed E-state index contributed by atoms with van der Waals surface area (Å²) in [6, 6.07) is 21.8. The number of hydrogen-bond donors (Lipinski definition) is 0. The lowest BCUT2D eigenvalue weighted by molar-refractivity contribution is -0.144. The Labute approximate surface area is 214 Å². The zero-order chi connectivity index (χ0) is 25.2. The highest BCUT2D eigenvalue weighted by Gasteiger charge is 2.49. The highest BCUT2D eigenvalue weighted by atomic mass is 28.4. The van der Waals surface area contributed by atoms with Crippen molar-refractivity contribution in [2.24, 2.45) is 5.92 Å². The third-order valence-corrected chi connectivity index (χ3v) is 12.2. The fourth-order valence-electron chi connectivity index (χ4n) is 5.45. The number of unbranched alkanes of at least 4 members (excludes halogenated alkanes) is 5. The second-order valence-electron chi connectivity index (χ2n) is 11.0. The van der Waals surface area contributed by atoms with E-state index in [0.717, 1.165) is 19.4 Å². The van der Waals surface area contributed by atoms with Crippen LogP contribution in [0.4, 0.5) is 0 Å². The molecule has 0 bridgehead atoms. The third-order valence-electron chi connectivity index (χ3n) is 7.15. The van der Waals surface area contributed by atoms with E-state index >= 15 is 0 Å². The summed E-state index contributed by atoms with van der Waals surface area (Å²) in [5.41, 5.74) is 0. The Morgan fingerprint density at radius 1 is 0.829 bits per heavy atom. The van der Waals surface area contributed by atoms with Gasteiger partial charge in [0.2, 0.25) is 0 Å². The first-order valence-corrected chi connectivity index (χ1v) is 15.3. The van der Waals surface area contributed by atoms with Crippen LogP contribution in [-0.2, 0) is 14.0 Å². The van der Waals surface area contributed by atoms with E-state index in [4.69, 9.17) is 9.16 Å². The Kier molecular flexibility index (Phi) is 10.4. The van der Waals surface area contributed by atoms with Crippen molar-refractivity contribution in [3.63, 3.8) is 0 Å². The van der Waals surface area contributed by atoms with Crippen LogP contribution in [0, 0.1) is 5.92 Å². The molecule has 1 aliphatic rings. The van der Waals surface area contributed by atoms with Crippen LogP contribution in [0.15, 0.2) is 72.8 Å². The second kappa shape index (κ2) is 13.2. The average Bonchev–Trinajstić information content (AvgIpc) is 3.27. The van der Waals surface area contributed by atoms with E-state index in [0.29, 0.717) is 5.92 Å². The van der Waals surface area contributed by atoms with E-state index in [1.807, 2.05) is 0 Å². The number of carbonyl (C=O) groups is 1. The van der Waals surface area contributed by atoms with Gasteiger partial charge in [-0.15, -0.1) is 0 Å². The van der Waals surface area contributed by atoms with Crippen molar-refractivity contribution in [1.82, 2.24) is 0 Å². The summed E-state index contributed by atoms with van der Waals surface area (Å²) < 4.78 is 12.3. The maximum absolute atomic E-state index is 11.1. The molecule has 0 N–H and O–H groups in total. The summed E-state index contributed by atoms with van der Waals surface area (Å²) in [5, 5.41) is 2.75. The van der Waals surface area contributed by atoms with Crippen molar-refractivity contribution in [2.75, 3.05) is 6.61 Å². The minimum Gasteiger partial charge on any atom is -0.458 e. The van der Waals surface area contributed by atoms with Crippen molar-refractivity contribution < 1.29 is 14.0 Å². The van der Waals surface area contributed by atoms with Gasteiger partial charge in [-0.1, -0.05) is 120 Å². The van der Waals surface area contributed by atoms with Crippen LogP contribution in [0.25, 0.3) is 0 Å². The second-order valence-corrected chi connectivity index (χ2v) is 15.3. The van der Waals surface area contributed by atoms with Crippen molar-refractivity contribution >= 4 is 24.7 Å². The summed E-state index contributed by atoms with van der Waals surface area (Å²) >= 11 is 0. The number of hydrogen-bond acceptors (Lipinski definition) is 3. The molecule has 35 heavy (non-hydrogen) atoms. The SMILES string of the molecule is CC(=O)O[C@H]1C=C[C@@H](CCCCCCCCO[Si](c2ccccc2)(c2ccccc2)C(C)(C)C)C1. The number of allylic oxidation sites excluding steroid dienone is 1. The Balaban J connectivity index is 1.43. The van der Waals surface area contributed by atoms with E-state index < -0.39 is 8.32 Å². The fraction of sp³-hybridized carbons (Fsp3) is 0.516. The maximum Gasteiger partial charge on any atom is 0.303 e. The van der Waals surface area contributed by atoms with Gasteiger partial charge in [-0.05, 0) is 46.7 Å². The Morgan fingerprint density at radius 2 is 1.37 bits per heavy atom. The zero-order valence-corrected chi connectivity index (χ0v) is 23.2. The molecule has 1 aliphatic carbocycles. The van der Waals surface area contributed by atoms with Crippen LogP contribution in [0.2, 0.25) is 5.04 Å². The van der Waals surface area contributed by atoms with Gasteiger partial charge in [0.1, 0.15) is 6.10 Å². The van der Waals surface area contributed by atoms with Gasteiger partial charge >= 0.3 is 5.97 Å². The molecule has 4 heteroatoms. The molecular formula is C31H44O3Si. The molecule has 2 atom stereocenters. The molecule has 190 valence electrons. The number of benzene rings is 2. The van der Waals surface area contributed by atoms with Gasteiger partial charge < -0.3 is 9.16 Å². The molecule has 0 radical (unpaired) electrons. The number of rotatable bonds is 13. The van der Waals surface area contributed by atoms with E-state index in [2.05, 4.69) is 93.6 Å². The molecular weight excluding hydrogens is 448 g/mol. The molecule has 0 unspecified atom stereocenters. The quantitative estimate of drug-likeness (QED) is 0.133. The van der Waals surface area contributed by atoms with Crippen molar-refractivity contribution in [3.05, 3.63) is 72.8 Å². The Hall–Kier alpha value is -2.17. The van der Waals surface area contributed by atoms with E-state index in [-0.39, 0.29) is 17.1 Å². The predicted molar refractivity (Wildman–Crippen MR) is 149 cm³/mol. The average molecular weight is 493 g/mol. The standard InChI is InChI=1S/C31H44O3Si/c1-26(32)34-28-23-22-27(25-28)17-11-7-5-6-8-16-24-33-35(31(2,3)4,29-18-12-9-13-19-29)30-20-14-10-15-21-30/h9-10,12-15,18-23,27-28H,5-8,11,16-17,24-25H2,1-4H3/t27-,28+/m1/s1. The van der Waals surface area contributed by atoms with Crippen molar-refractivity contribution in [1.29, 1.82) is 0 Å². The first-order valence-electron chi connectivity index (χ1n) is 13.4. The summed E-state index contributed by atoms with van der Waals surface area (Å²) in [7, 11) is -2.40. The largest absolute Gasteiger partial charge is 0.458 e. The van der Waals surface area contributed by atoms with Crippen LogP contribution in [0.5, 0.6) is 0 Å². The molecule has 0 heterocycles. The topological polar surface area (TPSA) is 35.5 Å². The summed E-state index contributed by atoms with van der Waals surface area (Å²) in [4.78, 5) is 11.1. The van der Waals surface area contributed by atoms with Crippen LogP contribution in [0.3, 0.4) is 0 Å². The van der Waals surface area contributed by atoms with Gasteiger partial charge in [0.15, 0.2) is 0 Å². The van der Waals surface area contributed by atoms with E-state index in [1.165, 1.54) is 55.8 Å². The molecule has 0 aliphatic heterocycles. The molecule has 2 aromatic rings. The van der Waals surface area contributed by atoms with Crippen molar-refractivity contribution in [2.45, 2.75) is 90.2 Å². The van der Waals surface area contributed by atoms with Gasteiger partial charge in [-0.3, -0.25) is 4.79 Å². The first-order chi connectivity index (χ1) is 16.8. The normalized spacial score (nSPS) is 18.1. The minimum absolute atomic E-state index is 0.00644. The maximum atomic E-state index is 11.1. The summed E-state index contributed by atoms with van der Waals surface area (Å²) in [6.07, 6.45) is 13.8. The molecule has 3 rings (SSSR count). The van der Waals surface area contributed by atoms with E-state index in [1.54, 1.807) is 0 Å². The number of ether oxygens (including phenoxy) is 1. The smallest absolute Gasteiger partial charge is 0.303 e. The highest BCUT2D eigenvalue weighted by Crippen LogP contribution is 2.37. The number of carbonyl (C=O) groups excluding carboxylic acids is 1. The molecule has 0 saturated heterocycles. The lowest BCUT2D eigenvalue weighted by atomic mass is 9.99. The predicted octanol–water partition coefficient (Wildman–Crippen LogP) is 6.80.